The summed E-state index contributed by atoms with van der Waals surface area (Å²) in [6.07, 6.45) is 3.43. The largest absolute Gasteiger partial charge is 0.481 e. The highest BCUT2D eigenvalue weighted by Gasteiger charge is 2.32. The van der Waals surface area contributed by atoms with Gasteiger partial charge in [0, 0.05) is 17.8 Å². The van der Waals surface area contributed by atoms with E-state index in [2.05, 4.69) is 10.4 Å². The van der Waals surface area contributed by atoms with Crippen LogP contribution in [0, 0.1) is 5.92 Å². The number of rotatable bonds is 4. The third-order valence-electron chi connectivity index (χ3n) is 4.89. The summed E-state index contributed by atoms with van der Waals surface area (Å²) in [7, 11) is 0. The van der Waals surface area contributed by atoms with Crippen LogP contribution in [0.3, 0.4) is 0 Å². The number of halogens is 1. The van der Waals surface area contributed by atoms with Crippen molar-refractivity contribution in [2.24, 2.45) is 5.92 Å². The van der Waals surface area contributed by atoms with Crippen LogP contribution in [0.15, 0.2) is 30.5 Å². The molecule has 1 aliphatic rings. The van der Waals surface area contributed by atoms with Gasteiger partial charge in [-0.05, 0) is 46.1 Å². The molecule has 1 amide bonds. The van der Waals surface area contributed by atoms with E-state index in [9.17, 15) is 9.59 Å². The van der Waals surface area contributed by atoms with Gasteiger partial charge < -0.3 is 10.4 Å². The molecule has 144 valence electrons. The van der Waals surface area contributed by atoms with E-state index in [-0.39, 0.29) is 17.5 Å². The van der Waals surface area contributed by atoms with E-state index in [4.69, 9.17) is 16.7 Å². The number of carboxylic acids is 1. The molecule has 2 N–H and O–H groups in total. The number of carboxylic acid groups (broad SMARTS) is 1. The standard InChI is InChI=1S/C20H24ClN3O3/c1-20(2,3)24-11-15(17(23-24)14-6-4-5-7-16(14)21)18(25)22-13-9-8-12(10-13)19(26)27/h4-7,11-13H,8-10H2,1-3H3,(H,22,25)(H,26,27)/t12-,13+/m1/s1. The molecule has 0 radical (unpaired) electrons. The monoisotopic (exact) mass is 389 g/mol. The van der Waals surface area contributed by atoms with Crippen molar-refractivity contribution < 1.29 is 14.7 Å². The Morgan fingerprint density at radius 2 is 1.96 bits per heavy atom. The zero-order chi connectivity index (χ0) is 19.8. The first kappa shape index (κ1) is 19.4. The lowest BCUT2D eigenvalue weighted by molar-refractivity contribution is -0.141. The Kier molecular flexibility index (Phi) is 5.29. The van der Waals surface area contributed by atoms with Gasteiger partial charge in [-0.3, -0.25) is 14.3 Å². The maximum atomic E-state index is 13.0. The number of aliphatic carboxylic acids is 1. The van der Waals surface area contributed by atoms with Gasteiger partial charge in [0.2, 0.25) is 0 Å². The number of hydrogen-bond acceptors (Lipinski definition) is 3. The number of carbonyl (C=O) groups excluding carboxylic acids is 1. The van der Waals surface area contributed by atoms with Crippen molar-refractivity contribution in [3.8, 4) is 11.3 Å². The van der Waals surface area contributed by atoms with Crippen LogP contribution in [-0.2, 0) is 10.3 Å². The van der Waals surface area contributed by atoms with Gasteiger partial charge in [0.05, 0.1) is 22.0 Å². The van der Waals surface area contributed by atoms with Crippen LogP contribution in [-0.4, -0.2) is 32.8 Å². The Bertz CT molecular complexity index is 870. The van der Waals surface area contributed by atoms with Crippen molar-refractivity contribution >= 4 is 23.5 Å². The number of amides is 1. The highest BCUT2D eigenvalue weighted by Crippen LogP contribution is 2.31. The molecule has 27 heavy (non-hydrogen) atoms. The molecule has 1 aromatic carbocycles. The van der Waals surface area contributed by atoms with Gasteiger partial charge in [-0.25, -0.2) is 0 Å². The van der Waals surface area contributed by atoms with Gasteiger partial charge in [0.1, 0.15) is 5.69 Å². The van der Waals surface area contributed by atoms with E-state index in [1.807, 2.05) is 39.0 Å². The molecule has 0 spiro atoms. The van der Waals surface area contributed by atoms with Gasteiger partial charge in [-0.1, -0.05) is 29.8 Å². The fourth-order valence-corrected chi connectivity index (χ4v) is 3.56. The molecule has 0 bridgehead atoms. The third kappa shape index (κ3) is 4.16. The van der Waals surface area contributed by atoms with Crippen molar-refractivity contribution in [1.82, 2.24) is 15.1 Å². The van der Waals surface area contributed by atoms with Crippen LogP contribution in [0.5, 0.6) is 0 Å². The van der Waals surface area contributed by atoms with Crippen molar-refractivity contribution in [1.29, 1.82) is 0 Å². The van der Waals surface area contributed by atoms with Crippen molar-refractivity contribution in [3.63, 3.8) is 0 Å². The fourth-order valence-electron chi connectivity index (χ4n) is 3.34. The maximum absolute atomic E-state index is 13.0. The Morgan fingerprint density at radius 3 is 2.56 bits per heavy atom. The van der Waals surface area contributed by atoms with Gasteiger partial charge >= 0.3 is 5.97 Å². The Morgan fingerprint density at radius 1 is 1.26 bits per heavy atom. The summed E-state index contributed by atoms with van der Waals surface area (Å²) in [5.41, 5.74) is 1.37. The Labute approximate surface area is 163 Å². The van der Waals surface area contributed by atoms with E-state index < -0.39 is 11.9 Å². The van der Waals surface area contributed by atoms with E-state index in [1.165, 1.54) is 0 Å². The smallest absolute Gasteiger partial charge is 0.306 e. The van der Waals surface area contributed by atoms with Gasteiger partial charge in [0.25, 0.3) is 5.91 Å². The Balaban J connectivity index is 1.92. The van der Waals surface area contributed by atoms with E-state index in [0.717, 1.165) is 0 Å². The quantitative estimate of drug-likeness (QED) is 0.829. The van der Waals surface area contributed by atoms with Crippen LogP contribution in [0.1, 0.15) is 50.4 Å². The number of benzene rings is 1. The molecule has 0 aliphatic heterocycles. The number of nitrogens with zero attached hydrogens (tertiary/aromatic N) is 2. The van der Waals surface area contributed by atoms with Crippen LogP contribution < -0.4 is 5.32 Å². The predicted octanol–water partition coefficient (Wildman–Crippen LogP) is 3.94. The van der Waals surface area contributed by atoms with Crippen LogP contribution in [0.2, 0.25) is 5.02 Å². The first-order valence-corrected chi connectivity index (χ1v) is 9.43. The van der Waals surface area contributed by atoms with Gasteiger partial charge in [-0.2, -0.15) is 5.10 Å². The fraction of sp³-hybridized carbons (Fsp3) is 0.450. The second-order valence-corrected chi connectivity index (χ2v) is 8.41. The number of nitrogens with one attached hydrogen (secondary N) is 1. The zero-order valence-electron chi connectivity index (χ0n) is 15.7. The van der Waals surface area contributed by atoms with Crippen molar-refractivity contribution in [3.05, 3.63) is 41.0 Å². The molecule has 7 heteroatoms. The molecule has 1 heterocycles. The molecule has 2 atom stereocenters. The molecule has 1 saturated carbocycles. The minimum absolute atomic E-state index is 0.143. The van der Waals surface area contributed by atoms with Crippen molar-refractivity contribution in [2.45, 2.75) is 51.6 Å². The average Bonchev–Trinajstić information content (AvgIpc) is 3.21. The molecule has 0 unspecified atom stereocenters. The number of aromatic nitrogens is 2. The topological polar surface area (TPSA) is 84.2 Å². The molecular formula is C20H24ClN3O3. The van der Waals surface area contributed by atoms with Crippen LogP contribution >= 0.6 is 11.6 Å². The highest BCUT2D eigenvalue weighted by molar-refractivity contribution is 6.33. The molecule has 2 aromatic rings. The molecule has 0 saturated heterocycles. The summed E-state index contributed by atoms with van der Waals surface area (Å²) in [4.78, 5) is 24.1. The van der Waals surface area contributed by atoms with Gasteiger partial charge in [-0.15, -0.1) is 0 Å². The first-order valence-electron chi connectivity index (χ1n) is 9.05. The van der Waals surface area contributed by atoms with E-state index in [1.54, 1.807) is 16.9 Å². The summed E-state index contributed by atoms with van der Waals surface area (Å²) < 4.78 is 1.76. The summed E-state index contributed by atoms with van der Waals surface area (Å²) in [6.45, 7) is 6.02. The molecule has 1 aromatic heterocycles. The summed E-state index contributed by atoms with van der Waals surface area (Å²) >= 11 is 6.34. The molecule has 6 nitrogen and oxygen atoms in total. The zero-order valence-corrected chi connectivity index (χ0v) is 16.5. The van der Waals surface area contributed by atoms with Crippen molar-refractivity contribution in [2.75, 3.05) is 0 Å². The van der Waals surface area contributed by atoms with Crippen LogP contribution in [0.4, 0.5) is 0 Å². The minimum atomic E-state index is -0.802. The summed E-state index contributed by atoms with van der Waals surface area (Å²) in [6, 6.07) is 7.15. The third-order valence-corrected chi connectivity index (χ3v) is 5.22. The lowest BCUT2D eigenvalue weighted by Gasteiger charge is -2.18. The van der Waals surface area contributed by atoms with Crippen LogP contribution in [0.25, 0.3) is 11.3 Å². The van der Waals surface area contributed by atoms with Gasteiger partial charge in [0.15, 0.2) is 0 Å². The molecule has 1 aliphatic carbocycles. The molecular weight excluding hydrogens is 366 g/mol. The second-order valence-electron chi connectivity index (χ2n) is 8.01. The normalized spacial score (nSPS) is 19.9. The average molecular weight is 390 g/mol. The van der Waals surface area contributed by atoms with E-state index >= 15 is 0 Å². The van der Waals surface area contributed by atoms with E-state index in [0.29, 0.717) is 41.1 Å². The second kappa shape index (κ2) is 7.35. The predicted molar refractivity (Wildman–Crippen MR) is 104 cm³/mol. The molecule has 3 rings (SSSR count). The SMILES string of the molecule is CC(C)(C)n1cc(C(=O)N[C@H]2CC[C@@H](C(=O)O)C2)c(-c2ccccc2Cl)n1. The summed E-state index contributed by atoms with van der Waals surface area (Å²) in [5.74, 6) is -1.45. The summed E-state index contributed by atoms with van der Waals surface area (Å²) in [5, 5.41) is 17.3. The lowest BCUT2D eigenvalue weighted by atomic mass is 10.1. The number of hydrogen-bond donors (Lipinski definition) is 2. The lowest BCUT2D eigenvalue weighted by Crippen LogP contribution is -2.33. The minimum Gasteiger partial charge on any atom is -0.481 e. The Hall–Kier alpha value is -2.34. The highest BCUT2D eigenvalue weighted by atomic mass is 35.5. The maximum Gasteiger partial charge on any atom is 0.306 e. The first-order chi connectivity index (χ1) is 12.7. The number of carbonyl (C=O) groups is 2. The molecule has 1 fully saturated rings.